The average Bonchev–Trinajstić information content (AvgIpc) is 2.47. The van der Waals surface area contributed by atoms with Crippen molar-refractivity contribution >= 4 is 0 Å². The zero-order valence-electron chi connectivity index (χ0n) is 8.71. The van der Waals surface area contributed by atoms with Crippen LogP contribution in [0.4, 0.5) is 26.3 Å². The van der Waals surface area contributed by atoms with E-state index in [1.165, 1.54) is 13.8 Å². The van der Waals surface area contributed by atoms with Crippen LogP contribution in [0, 0.1) is 16.7 Å². The second-order valence-electron chi connectivity index (χ2n) is 4.89. The maximum absolute atomic E-state index is 12.5. The molecule has 0 heterocycles. The van der Waals surface area contributed by atoms with E-state index in [-0.39, 0.29) is 6.42 Å². The molecule has 0 spiro atoms. The van der Waals surface area contributed by atoms with Gasteiger partial charge in [-0.1, -0.05) is 13.8 Å². The number of halogens is 6. The standard InChI is InChI=1S/C9H12F6O/c1-6(2)3-7(6,4-16)5(8(10,11)12)9(13,14)15/h5,16H,3-4H2,1-2H3. The van der Waals surface area contributed by atoms with E-state index in [1.54, 1.807) is 0 Å². The molecule has 7 heteroatoms. The third-order valence-corrected chi connectivity index (χ3v) is 3.47. The Bertz CT molecular complexity index is 265. The van der Waals surface area contributed by atoms with Crippen LogP contribution in [-0.4, -0.2) is 24.1 Å². The van der Waals surface area contributed by atoms with Gasteiger partial charge in [0.15, 0.2) is 5.92 Å². The lowest BCUT2D eigenvalue weighted by molar-refractivity contribution is -0.309. The summed E-state index contributed by atoms with van der Waals surface area (Å²) in [5, 5.41) is 8.89. The van der Waals surface area contributed by atoms with Crippen LogP contribution in [0.15, 0.2) is 0 Å². The molecule has 0 aliphatic heterocycles. The molecule has 1 unspecified atom stereocenters. The van der Waals surface area contributed by atoms with Crippen molar-refractivity contribution in [2.45, 2.75) is 32.6 Å². The lowest BCUT2D eigenvalue weighted by Gasteiger charge is -2.32. The highest BCUT2D eigenvalue weighted by Crippen LogP contribution is 2.72. The van der Waals surface area contributed by atoms with Gasteiger partial charge in [0.1, 0.15) is 0 Å². The maximum atomic E-state index is 12.5. The molecule has 0 aromatic heterocycles. The zero-order valence-corrected chi connectivity index (χ0v) is 8.71. The Balaban J connectivity index is 3.15. The van der Waals surface area contributed by atoms with Gasteiger partial charge < -0.3 is 5.11 Å². The minimum absolute atomic E-state index is 0.278. The molecule has 96 valence electrons. The van der Waals surface area contributed by atoms with Gasteiger partial charge in [-0.15, -0.1) is 0 Å². The molecule has 0 aromatic carbocycles. The molecule has 0 saturated heterocycles. The first kappa shape index (κ1) is 13.6. The number of hydrogen-bond donors (Lipinski definition) is 1. The van der Waals surface area contributed by atoms with Crippen molar-refractivity contribution in [3.63, 3.8) is 0 Å². The van der Waals surface area contributed by atoms with E-state index in [9.17, 15) is 26.3 Å². The van der Waals surface area contributed by atoms with Gasteiger partial charge in [0.2, 0.25) is 0 Å². The van der Waals surface area contributed by atoms with Gasteiger partial charge in [-0.05, 0) is 11.8 Å². The van der Waals surface area contributed by atoms with Crippen LogP contribution in [0.1, 0.15) is 20.3 Å². The number of hydrogen-bond acceptors (Lipinski definition) is 1. The Kier molecular flexibility index (Phi) is 2.78. The second-order valence-corrected chi connectivity index (χ2v) is 4.89. The highest BCUT2D eigenvalue weighted by molar-refractivity contribution is 5.15. The van der Waals surface area contributed by atoms with Crippen molar-refractivity contribution in [2.75, 3.05) is 6.61 Å². The molecule has 1 atom stereocenters. The first-order valence-corrected chi connectivity index (χ1v) is 4.63. The van der Waals surface area contributed by atoms with Crippen molar-refractivity contribution in [1.29, 1.82) is 0 Å². The number of aliphatic hydroxyl groups excluding tert-OH is 1. The Morgan fingerprint density at radius 1 is 1.06 bits per heavy atom. The minimum Gasteiger partial charge on any atom is -0.396 e. The van der Waals surface area contributed by atoms with Gasteiger partial charge in [0, 0.05) is 5.41 Å². The Morgan fingerprint density at radius 3 is 1.44 bits per heavy atom. The summed E-state index contributed by atoms with van der Waals surface area (Å²) in [6.45, 7) is 1.49. The zero-order chi connectivity index (χ0) is 13.0. The van der Waals surface area contributed by atoms with E-state index in [0.717, 1.165) is 0 Å². The summed E-state index contributed by atoms with van der Waals surface area (Å²) < 4.78 is 74.7. The molecule has 1 fully saturated rings. The summed E-state index contributed by atoms with van der Waals surface area (Å²) >= 11 is 0. The molecule has 1 aliphatic carbocycles. The summed E-state index contributed by atoms with van der Waals surface area (Å²) in [6, 6.07) is 0. The second kappa shape index (κ2) is 3.27. The van der Waals surface area contributed by atoms with E-state index < -0.39 is 35.7 Å². The quantitative estimate of drug-likeness (QED) is 0.746. The largest absolute Gasteiger partial charge is 0.401 e. The van der Waals surface area contributed by atoms with E-state index in [1.807, 2.05) is 0 Å². The lowest BCUT2D eigenvalue weighted by Crippen LogP contribution is -2.46. The molecule has 1 rings (SSSR count). The van der Waals surface area contributed by atoms with Crippen LogP contribution < -0.4 is 0 Å². The minimum atomic E-state index is -5.38. The van der Waals surface area contributed by atoms with E-state index in [0.29, 0.717) is 0 Å². The van der Waals surface area contributed by atoms with Gasteiger partial charge in [0.25, 0.3) is 0 Å². The Hall–Kier alpha value is -0.460. The molecule has 0 amide bonds. The lowest BCUT2D eigenvalue weighted by atomic mass is 9.82. The fourth-order valence-corrected chi connectivity index (χ4v) is 2.41. The van der Waals surface area contributed by atoms with Gasteiger partial charge in [-0.25, -0.2) is 0 Å². The predicted molar refractivity (Wildman–Crippen MR) is 43.5 cm³/mol. The monoisotopic (exact) mass is 250 g/mol. The van der Waals surface area contributed by atoms with Gasteiger partial charge >= 0.3 is 12.4 Å². The predicted octanol–water partition coefficient (Wildman–Crippen LogP) is 3.14. The van der Waals surface area contributed by atoms with Gasteiger partial charge in [-0.3, -0.25) is 0 Å². The van der Waals surface area contributed by atoms with Crippen LogP contribution in [0.5, 0.6) is 0 Å². The van der Waals surface area contributed by atoms with Gasteiger partial charge in [-0.2, -0.15) is 26.3 Å². The van der Waals surface area contributed by atoms with Crippen LogP contribution in [-0.2, 0) is 0 Å². The van der Waals surface area contributed by atoms with Crippen LogP contribution in [0.2, 0.25) is 0 Å². The first-order valence-electron chi connectivity index (χ1n) is 4.63. The van der Waals surface area contributed by atoms with Crippen molar-refractivity contribution in [3.8, 4) is 0 Å². The smallest absolute Gasteiger partial charge is 0.396 e. The molecule has 0 radical (unpaired) electrons. The first-order chi connectivity index (χ1) is 6.88. The fraction of sp³-hybridized carbons (Fsp3) is 1.00. The van der Waals surface area contributed by atoms with E-state index >= 15 is 0 Å². The third kappa shape index (κ3) is 1.89. The van der Waals surface area contributed by atoms with Crippen molar-refractivity contribution in [3.05, 3.63) is 0 Å². The van der Waals surface area contributed by atoms with Crippen LogP contribution in [0.3, 0.4) is 0 Å². The molecular formula is C9H12F6O. The summed E-state index contributed by atoms with van der Waals surface area (Å²) in [4.78, 5) is 0. The molecule has 16 heavy (non-hydrogen) atoms. The summed E-state index contributed by atoms with van der Waals surface area (Å²) in [5.74, 6) is -3.45. The maximum Gasteiger partial charge on any atom is 0.401 e. The number of alkyl halides is 6. The molecule has 1 saturated carbocycles. The third-order valence-electron chi connectivity index (χ3n) is 3.47. The molecule has 1 N–H and O–H groups in total. The summed E-state index contributed by atoms with van der Waals surface area (Å²) in [7, 11) is 0. The number of aliphatic hydroxyl groups is 1. The van der Waals surface area contributed by atoms with Crippen LogP contribution in [0.25, 0.3) is 0 Å². The SMILES string of the molecule is CC1(C)CC1(CO)C(C(F)(F)F)C(F)(F)F. The summed E-state index contributed by atoms with van der Waals surface area (Å²) in [6.07, 6.45) is -11.0. The molecular weight excluding hydrogens is 238 g/mol. The normalized spacial score (nSPS) is 29.6. The molecule has 0 bridgehead atoms. The van der Waals surface area contributed by atoms with Crippen molar-refractivity contribution in [1.82, 2.24) is 0 Å². The topological polar surface area (TPSA) is 20.2 Å². The van der Waals surface area contributed by atoms with E-state index in [2.05, 4.69) is 0 Å². The van der Waals surface area contributed by atoms with Crippen molar-refractivity contribution in [2.24, 2.45) is 16.7 Å². The molecule has 1 nitrogen and oxygen atoms in total. The van der Waals surface area contributed by atoms with E-state index in [4.69, 9.17) is 5.11 Å². The van der Waals surface area contributed by atoms with Gasteiger partial charge in [0.05, 0.1) is 6.61 Å². The number of rotatable bonds is 2. The Labute approximate surface area is 88.4 Å². The Morgan fingerprint density at radius 2 is 1.38 bits per heavy atom. The molecule has 0 aromatic rings. The fourth-order valence-electron chi connectivity index (χ4n) is 2.41. The van der Waals surface area contributed by atoms with Crippen molar-refractivity contribution < 1.29 is 31.4 Å². The molecule has 1 aliphatic rings. The average molecular weight is 250 g/mol. The van der Waals surface area contributed by atoms with Crippen LogP contribution >= 0.6 is 0 Å². The highest BCUT2D eigenvalue weighted by Gasteiger charge is 2.77. The summed E-state index contributed by atoms with van der Waals surface area (Å²) in [5.41, 5.74) is -3.26. The highest BCUT2D eigenvalue weighted by atomic mass is 19.4.